The van der Waals surface area contributed by atoms with Crippen molar-refractivity contribution in [1.82, 2.24) is 0 Å². The zero-order valence-corrected chi connectivity index (χ0v) is 5.69. The highest BCUT2D eigenvalue weighted by atomic mass is 19.4. The summed E-state index contributed by atoms with van der Waals surface area (Å²) in [6.07, 6.45) is -2.97. The van der Waals surface area contributed by atoms with Crippen molar-refractivity contribution in [2.75, 3.05) is 6.61 Å². The minimum absolute atomic E-state index is 0.123. The van der Waals surface area contributed by atoms with Crippen molar-refractivity contribution in [1.29, 1.82) is 0 Å². The normalized spacial score (nSPS) is 20.9. The Balaban J connectivity index is 2.60. The van der Waals surface area contributed by atoms with Gasteiger partial charge in [0, 0.05) is 6.42 Å². The monoisotopic (exact) mass is 167 g/mol. The lowest BCUT2D eigenvalue weighted by Crippen LogP contribution is -2.38. The Hall–Kier alpha value is -0.710. The standard InChI is InChI=1S/C6H8F3NO/c7-6(8,9)5(10)4-1-2-11-3-4/h3,5H,1-2,10H2. The number of alkyl halides is 3. The predicted molar refractivity (Wildman–Crippen MR) is 32.7 cm³/mol. The third-order valence-electron chi connectivity index (χ3n) is 1.50. The molecule has 2 nitrogen and oxygen atoms in total. The molecular weight excluding hydrogens is 159 g/mol. The maximum absolute atomic E-state index is 11.9. The largest absolute Gasteiger partial charge is 0.501 e. The second-order valence-corrected chi connectivity index (χ2v) is 2.33. The molecule has 0 radical (unpaired) electrons. The Kier molecular flexibility index (Phi) is 2.08. The second kappa shape index (κ2) is 2.73. The van der Waals surface area contributed by atoms with Gasteiger partial charge in [-0.3, -0.25) is 0 Å². The molecular formula is C6H8F3NO. The molecule has 0 aromatic rings. The first-order chi connectivity index (χ1) is 5.02. The van der Waals surface area contributed by atoms with Crippen molar-refractivity contribution in [3.63, 3.8) is 0 Å². The van der Waals surface area contributed by atoms with Gasteiger partial charge in [-0.05, 0) is 5.57 Å². The topological polar surface area (TPSA) is 35.2 Å². The molecule has 1 rings (SSSR count). The molecule has 1 aliphatic rings. The molecule has 1 aliphatic heterocycles. The summed E-state index contributed by atoms with van der Waals surface area (Å²) in [5, 5.41) is 0. The number of ether oxygens (including phenoxy) is 1. The minimum Gasteiger partial charge on any atom is -0.501 e. The van der Waals surface area contributed by atoms with Gasteiger partial charge in [-0.15, -0.1) is 0 Å². The van der Waals surface area contributed by atoms with E-state index in [1.165, 1.54) is 0 Å². The number of halogens is 3. The lowest BCUT2D eigenvalue weighted by atomic mass is 10.1. The highest BCUT2D eigenvalue weighted by Gasteiger charge is 2.39. The van der Waals surface area contributed by atoms with Crippen LogP contribution >= 0.6 is 0 Å². The lowest BCUT2D eigenvalue weighted by molar-refractivity contribution is -0.139. The van der Waals surface area contributed by atoms with Crippen molar-refractivity contribution in [3.05, 3.63) is 11.8 Å². The number of nitrogens with two attached hydrogens (primary N) is 1. The molecule has 0 amide bonds. The van der Waals surface area contributed by atoms with Crippen molar-refractivity contribution in [2.45, 2.75) is 18.6 Å². The van der Waals surface area contributed by atoms with E-state index in [1.54, 1.807) is 0 Å². The first-order valence-electron chi connectivity index (χ1n) is 3.14. The summed E-state index contributed by atoms with van der Waals surface area (Å²) < 4.78 is 40.3. The fourth-order valence-corrected chi connectivity index (χ4v) is 0.841. The summed E-state index contributed by atoms with van der Waals surface area (Å²) in [4.78, 5) is 0. The fourth-order valence-electron chi connectivity index (χ4n) is 0.841. The summed E-state index contributed by atoms with van der Waals surface area (Å²) in [7, 11) is 0. The van der Waals surface area contributed by atoms with Crippen LogP contribution in [0.4, 0.5) is 13.2 Å². The van der Waals surface area contributed by atoms with Crippen molar-refractivity contribution < 1.29 is 17.9 Å². The fraction of sp³-hybridized carbons (Fsp3) is 0.667. The highest BCUT2D eigenvalue weighted by Crippen LogP contribution is 2.27. The maximum atomic E-state index is 11.9. The summed E-state index contributed by atoms with van der Waals surface area (Å²) in [5.41, 5.74) is 5.01. The average molecular weight is 167 g/mol. The van der Waals surface area contributed by atoms with Crippen LogP contribution < -0.4 is 5.73 Å². The van der Waals surface area contributed by atoms with Gasteiger partial charge in [-0.2, -0.15) is 13.2 Å². The van der Waals surface area contributed by atoms with Crippen LogP contribution in [0, 0.1) is 0 Å². The van der Waals surface area contributed by atoms with E-state index in [0.29, 0.717) is 6.61 Å². The molecule has 64 valence electrons. The van der Waals surface area contributed by atoms with Gasteiger partial charge in [-0.25, -0.2) is 0 Å². The number of rotatable bonds is 1. The molecule has 0 aliphatic carbocycles. The summed E-state index contributed by atoms with van der Waals surface area (Å²) in [6.45, 7) is 0.305. The van der Waals surface area contributed by atoms with E-state index in [4.69, 9.17) is 5.73 Å². The molecule has 0 aromatic heterocycles. The van der Waals surface area contributed by atoms with E-state index in [1.807, 2.05) is 0 Å². The van der Waals surface area contributed by atoms with Crippen LogP contribution in [-0.2, 0) is 4.74 Å². The molecule has 0 bridgehead atoms. The van der Waals surface area contributed by atoms with Crippen LogP contribution in [0.3, 0.4) is 0 Å². The van der Waals surface area contributed by atoms with Crippen LogP contribution in [0.1, 0.15) is 6.42 Å². The molecule has 1 atom stereocenters. The van der Waals surface area contributed by atoms with Crippen molar-refractivity contribution in [3.8, 4) is 0 Å². The summed E-state index contributed by atoms with van der Waals surface area (Å²) in [6, 6.07) is -1.86. The van der Waals surface area contributed by atoms with E-state index in [2.05, 4.69) is 4.74 Å². The quantitative estimate of drug-likeness (QED) is 0.636. The number of hydrogen-bond donors (Lipinski definition) is 1. The smallest absolute Gasteiger partial charge is 0.407 e. The Morgan fingerprint density at radius 1 is 1.55 bits per heavy atom. The molecule has 1 unspecified atom stereocenters. The Bertz CT molecular complexity index is 175. The van der Waals surface area contributed by atoms with Crippen LogP contribution in [0.15, 0.2) is 11.8 Å². The first-order valence-corrected chi connectivity index (χ1v) is 3.14. The predicted octanol–water partition coefficient (Wildman–Crippen LogP) is 1.18. The zero-order chi connectivity index (χ0) is 8.48. The van der Waals surface area contributed by atoms with Gasteiger partial charge in [0.15, 0.2) is 0 Å². The van der Waals surface area contributed by atoms with Gasteiger partial charge < -0.3 is 10.5 Å². The van der Waals surface area contributed by atoms with Gasteiger partial charge >= 0.3 is 6.18 Å². The highest BCUT2D eigenvalue weighted by molar-refractivity contribution is 5.12. The van der Waals surface area contributed by atoms with Crippen LogP contribution in [-0.4, -0.2) is 18.8 Å². The molecule has 5 heteroatoms. The van der Waals surface area contributed by atoms with Crippen LogP contribution in [0.2, 0.25) is 0 Å². The van der Waals surface area contributed by atoms with Crippen LogP contribution in [0.5, 0.6) is 0 Å². The van der Waals surface area contributed by atoms with Gasteiger partial charge in [0.1, 0.15) is 6.04 Å². The van der Waals surface area contributed by atoms with Gasteiger partial charge in [0.2, 0.25) is 0 Å². The van der Waals surface area contributed by atoms with E-state index in [-0.39, 0.29) is 12.0 Å². The maximum Gasteiger partial charge on any atom is 0.407 e. The Labute approximate surface area is 61.8 Å². The van der Waals surface area contributed by atoms with Gasteiger partial charge in [-0.1, -0.05) is 0 Å². The molecule has 11 heavy (non-hydrogen) atoms. The summed E-state index contributed by atoms with van der Waals surface area (Å²) >= 11 is 0. The SMILES string of the molecule is NC(C1=COCC1)C(F)(F)F. The first kappa shape index (κ1) is 8.39. The van der Waals surface area contributed by atoms with E-state index < -0.39 is 12.2 Å². The third kappa shape index (κ3) is 1.86. The Morgan fingerprint density at radius 3 is 2.55 bits per heavy atom. The van der Waals surface area contributed by atoms with E-state index >= 15 is 0 Å². The third-order valence-corrected chi connectivity index (χ3v) is 1.50. The molecule has 2 N–H and O–H groups in total. The molecule has 1 heterocycles. The molecule has 0 spiro atoms. The minimum atomic E-state index is -4.35. The van der Waals surface area contributed by atoms with Gasteiger partial charge in [0.25, 0.3) is 0 Å². The zero-order valence-electron chi connectivity index (χ0n) is 5.69. The molecule has 0 saturated heterocycles. The molecule has 0 aromatic carbocycles. The lowest BCUT2D eigenvalue weighted by Gasteiger charge is -2.14. The van der Waals surface area contributed by atoms with Gasteiger partial charge in [0.05, 0.1) is 12.9 Å². The van der Waals surface area contributed by atoms with Crippen molar-refractivity contribution in [2.24, 2.45) is 5.73 Å². The molecule has 0 saturated carbocycles. The van der Waals surface area contributed by atoms with Crippen LogP contribution in [0.25, 0.3) is 0 Å². The average Bonchev–Trinajstić information content (AvgIpc) is 2.34. The second-order valence-electron chi connectivity index (χ2n) is 2.33. The van der Waals surface area contributed by atoms with E-state index in [0.717, 1.165) is 6.26 Å². The summed E-state index contributed by atoms with van der Waals surface area (Å²) in [5.74, 6) is 0. The van der Waals surface area contributed by atoms with E-state index in [9.17, 15) is 13.2 Å². The Morgan fingerprint density at radius 2 is 2.18 bits per heavy atom. The number of hydrogen-bond acceptors (Lipinski definition) is 2. The molecule has 0 fully saturated rings. The van der Waals surface area contributed by atoms with Crippen molar-refractivity contribution >= 4 is 0 Å².